The number of aromatic nitrogens is 2. The first-order valence-electron chi connectivity index (χ1n) is 9.18. The Morgan fingerprint density at radius 2 is 2.04 bits per heavy atom. The maximum Gasteiger partial charge on any atom is 0.221 e. The standard InChI is InChI=1S/C20H29ClN4O/c1-5-14(2)23-20(26)10-11-22-12-18-15(3)24-25(16(18)4)13-17-8-6-7-9-19(17)21/h6-9,14,22H,5,10-13H2,1-4H3,(H,23,26). The minimum Gasteiger partial charge on any atom is -0.354 e. The third-order valence-corrected chi connectivity index (χ3v) is 5.03. The predicted octanol–water partition coefficient (Wildman–Crippen LogP) is 3.60. The summed E-state index contributed by atoms with van der Waals surface area (Å²) in [6.45, 7) is 10.2. The van der Waals surface area contributed by atoms with Crippen molar-refractivity contribution < 1.29 is 4.79 Å². The zero-order valence-electron chi connectivity index (χ0n) is 16.1. The summed E-state index contributed by atoms with van der Waals surface area (Å²) in [6.07, 6.45) is 1.43. The fourth-order valence-corrected chi connectivity index (χ4v) is 2.99. The van der Waals surface area contributed by atoms with Crippen molar-refractivity contribution in [3.8, 4) is 0 Å². The predicted molar refractivity (Wildman–Crippen MR) is 106 cm³/mol. The molecule has 1 atom stereocenters. The molecule has 0 radical (unpaired) electrons. The van der Waals surface area contributed by atoms with E-state index >= 15 is 0 Å². The highest BCUT2D eigenvalue weighted by Crippen LogP contribution is 2.19. The molecule has 1 unspecified atom stereocenters. The van der Waals surface area contributed by atoms with E-state index in [0.717, 1.165) is 28.4 Å². The van der Waals surface area contributed by atoms with Gasteiger partial charge in [-0.2, -0.15) is 5.10 Å². The Balaban J connectivity index is 1.90. The van der Waals surface area contributed by atoms with Crippen LogP contribution in [0.3, 0.4) is 0 Å². The Morgan fingerprint density at radius 1 is 1.31 bits per heavy atom. The number of benzene rings is 1. The molecule has 142 valence electrons. The first-order chi connectivity index (χ1) is 12.4. The van der Waals surface area contributed by atoms with Crippen LogP contribution in [0.2, 0.25) is 5.02 Å². The summed E-state index contributed by atoms with van der Waals surface area (Å²) in [4.78, 5) is 11.8. The molecule has 2 aromatic rings. The first-order valence-corrected chi connectivity index (χ1v) is 9.56. The van der Waals surface area contributed by atoms with Crippen LogP contribution in [0.1, 0.15) is 49.2 Å². The molecule has 2 N–H and O–H groups in total. The van der Waals surface area contributed by atoms with Crippen molar-refractivity contribution in [2.75, 3.05) is 6.54 Å². The van der Waals surface area contributed by atoms with E-state index in [9.17, 15) is 4.79 Å². The van der Waals surface area contributed by atoms with Gasteiger partial charge in [0.2, 0.25) is 5.91 Å². The summed E-state index contributed by atoms with van der Waals surface area (Å²) in [5.41, 5.74) is 4.37. The van der Waals surface area contributed by atoms with Gasteiger partial charge in [0.15, 0.2) is 0 Å². The molecule has 1 aromatic heterocycles. The quantitative estimate of drug-likeness (QED) is 0.657. The molecule has 0 aliphatic rings. The van der Waals surface area contributed by atoms with E-state index in [2.05, 4.69) is 29.6 Å². The highest BCUT2D eigenvalue weighted by atomic mass is 35.5. The third-order valence-electron chi connectivity index (χ3n) is 4.66. The molecule has 0 spiro atoms. The highest BCUT2D eigenvalue weighted by Gasteiger charge is 2.13. The summed E-state index contributed by atoms with van der Waals surface area (Å²) in [5, 5.41) is 11.7. The van der Waals surface area contributed by atoms with Gasteiger partial charge in [-0.05, 0) is 38.8 Å². The molecule has 0 saturated carbocycles. The number of carbonyl (C=O) groups excluding carboxylic acids is 1. The molecule has 0 aliphatic heterocycles. The van der Waals surface area contributed by atoms with Crippen molar-refractivity contribution in [1.82, 2.24) is 20.4 Å². The van der Waals surface area contributed by atoms with Crippen LogP contribution < -0.4 is 10.6 Å². The lowest BCUT2D eigenvalue weighted by molar-refractivity contribution is -0.121. The summed E-state index contributed by atoms with van der Waals surface area (Å²) >= 11 is 6.26. The van der Waals surface area contributed by atoms with Gasteiger partial charge in [-0.15, -0.1) is 0 Å². The highest BCUT2D eigenvalue weighted by molar-refractivity contribution is 6.31. The SMILES string of the molecule is CCC(C)NC(=O)CCNCc1c(C)nn(Cc2ccccc2Cl)c1C. The van der Waals surface area contributed by atoms with E-state index in [1.54, 1.807) is 0 Å². The average molecular weight is 377 g/mol. The van der Waals surface area contributed by atoms with Crippen molar-refractivity contribution in [3.05, 3.63) is 51.8 Å². The Kier molecular flexibility index (Phi) is 7.66. The van der Waals surface area contributed by atoms with Gasteiger partial charge in [-0.1, -0.05) is 36.7 Å². The molecule has 0 bridgehead atoms. The number of rotatable bonds is 9. The number of amides is 1. The van der Waals surface area contributed by atoms with Crippen LogP contribution in [0, 0.1) is 13.8 Å². The summed E-state index contributed by atoms with van der Waals surface area (Å²) in [6, 6.07) is 8.07. The Hall–Kier alpha value is -1.85. The van der Waals surface area contributed by atoms with Gasteiger partial charge < -0.3 is 10.6 Å². The minimum absolute atomic E-state index is 0.0923. The van der Waals surface area contributed by atoms with E-state index < -0.39 is 0 Å². The molecule has 1 amide bonds. The van der Waals surface area contributed by atoms with Gasteiger partial charge in [-0.25, -0.2) is 0 Å². The number of halogens is 1. The summed E-state index contributed by atoms with van der Waals surface area (Å²) in [5.74, 6) is 0.0923. The van der Waals surface area contributed by atoms with Crippen molar-refractivity contribution in [3.63, 3.8) is 0 Å². The number of nitrogens with one attached hydrogen (secondary N) is 2. The normalized spacial score (nSPS) is 12.2. The van der Waals surface area contributed by atoms with Crippen LogP contribution in [0.15, 0.2) is 24.3 Å². The van der Waals surface area contributed by atoms with Crippen LogP contribution in [-0.2, 0) is 17.9 Å². The molecule has 5 nitrogen and oxygen atoms in total. The van der Waals surface area contributed by atoms with Gasteiger partial charge >= 0.3 is 0 Å². The molecule has 1 heterocycles. The second-order valence-electron chi connectivity index (χ2n) is 6.70. The monoisotopic (exact) mass is 376 g/mol. The van der Waals surface area contributed by atoms with Gasteiger partial charge in [-0.3, -0.25) is 9.48 Å². The second-order valence-corrected chi connectivity index (χ2v) is 7.11. The van der Waals surface area contributed by atoms with Gasteiger partial charge in [0.05, 0.1) is 12.2 Å². The minimum atomic E-state index is 0.0923. The summed E-state index contributed by atoms with van der Waals surface area (Å²) in [7, 11) is 0. The Morgan fingerprint density at radius 3 is 2.73 bits per heavy atom. The topological polar surface area (TPSA) is 59.0 Å². The maximum atomic E-state index is 11.8. The van der Waals surface area contributed by atoms with Crippen LogP contribution in [0.4, 0.5) is 0 Å². The van der Waals surface area contributed by atoms with E-state index in [-0.39, 0.29) is 11.9 Å². The number of carbonyl (C=O) groups is 1. The number of hydrogen-bond acceptors (Lipinski definition) is 3. The fourth-order valence-electron chi connectivity index (χ4n) is 2.80. The zero-order chi connectivity index (χ0) is 19.1. The molecule has 1 aromatic carbocycles. The van der Waals surface area contributed by atoms with E-state index in [1.807, 2.05) is 42.8 Å². The average Bonchev–Trinajstić information content (AvgIpc) is 2.87. The molecule has 2 rings (SSSR count). The lowest BCUT2D eigenvalue weighted by Gasteiger charge is -2.11. The van der Waals surface area contributed by atoms with Crippen molar-refractivity contribution in [2.24, 2.45) is 0 Å². The molecule has 0 fully saturated rings. The van der Waals surface area contributed by atoms with E-state index in [0.29, 0.717) is 26.1 Å². The molecule has 0 saturated heterocycles. The van der Waals surface area contributed by atoms with Crippen molar-refractivity contribution in [2.45, 2.75) is 59.7 Å². The zero-order valence-corrected chi connectivity index (χ0v) is 16.9. The number of hydrogen-bond donors (Lipinski definition) is 2. The number of nitrogens with zero attached hydrogens (tertiary/aromatic N) is 2. The molecule has 0 aliphatic carbocycles. The number of aryl methyl sites for hydroxylation is 1. The molecule has 26 heavy (non-hydrogen) atoms. The first kappa shape index (κ1) is 20.5. The van der Waals surface area contributed by atoms with Crippen LogP contribution in [0.25, 0.3) is 0 Å². The molecule has 6 heteroatoms. The smallest absolute Gasteiger partial charge is 0.221 e. The maximum absolute atomic E-state index is 11.8. The van der Waals surface area contributed by atoms with Crippen LogP contribution in [-0.4, -0.2) is 28.3 Å². The van der Waals surface area contributed by atoms with Gasteiger partial charge in [0.1, 0.15) is 0 Å². The van der Waals surface area contributed by atoms with Crippen LogP contribution >= 0.6 is 11.6 Å². The largest absolute Gasteiger partial charge is 0.354 e. The third kappa shape index (κ3) is 5.58. The molecular weight excluding hydrogens is 348 g/mol. The molecular formula is C20H29ClN4O. The van der Waals surface area contributed by atoms with E-state index in [1.165, 1.54) is 5.56 Å². The fraction of sp³-hybridized carbons (Fsp3) is 0.500. The van der Waals surface area contributed by atoms with Crippen LogP contribution in [0.5, 0.6) is 0 Å². The van der Waals surface area contributed by atoms with Crippen molar-refractivity contribution >= 4 is 17.5 Å². The second kappa shape index (κ2) is 9.74. The van der Waals surface area contributed by atoms with Gasteiger partial charge in [0.25, 0.3) is 0 Å². The van der Waals surface area contributed by atoms with Gasteiger partial charge in [0, 0.05) is 41.8 Å². The Bertz CT molecular complexity index is 741. The summed E-state index contributed by atoms with van der Waals surface area (Å²) < 4.78 is 1.99. The lowest BCUT2D eigenvalue weighted by Crippen LogP contribution is -2.33. The Labute approximate surface area is 161 Å². The van der Waals surface area contributed by atoms with Crippen molar-refractivity contribution in [1.29, 1.82) is 0 Å². The van der Waals surface area contributed by atoms with E-state index in [4.69, 9.17) is 11.6 Å². The lowest BCUT2D eigenvalue weighted by atomic mass is 10.2.